The Hall–Kier alpha value is -1.97. The monoisotopic (exact) mass is 307 g/mol. The summed E-state index contributed by atoms with van der Waals surface area (Å²) in [7, 11) is 0. The number of hydrogen-bond acceptors (Lipinski definition) is 3. The summed E-state index contributed by atoms with van der Waals surface area (Å²) >= 11 is 3.53. The second kappa shape index (κ2) is 5.43. The number of rotatable bonds is 3. The molecule has 21 heavy (non-hydrogen) atoms. The number of benzene rings is 2. The molecule has 1 nitrogen and oxygen atoms in total. The van der Waals surface area contributed by atoms with Gasteiger partial charge in [-0.1, -0.05) is 42.5 Å². The van der Waals surface area contributed by atoms with Crippen molar-refractivity contribution in [2.45, 2.75) is 5.92 Å². The first-order valence-corrected chi connectivity index (χ1v) is 8.60. The first-order valence-electron chi connectivity index (χ1n) is 6.84. The summed E-state index contributed by atoms with van der Waals surface area (Å²) in [6, 6.07) is 21.2. The normalized spacial score (nSPS) is 12.6. The number of thiophene rings is 1. The number of thiazole rings is 1. The quantitative estimate of drug-likeness (QED) is 0.484. The Balaban J connectivity index is 1.90. The Morgan fingerprint density at radius 1 is 0.810 bits per heavy atom. The Labute approximate surface area is 131 Å². The Morgan fingerprint density at radius 2 is 1.62 bits per heavy atom. The number of para-hydroxylation sites is 1. The van der Waals surface area contributed by atoms with Crippen LogP contribution in [0.15, 0.2) is 71.4 Å². The minimum Gasteiger partial charge on any atom is -0.240 e. The van der Waals surface area contributed by atoms with Crippen LogP contribution < -0.4 is 0 Å². The fourth-order valence-electron chi connectivity index (χ4n) is 2.58. The van der Waals surface area contributed by atoms with E-state index in [-0.39, 0.29) is 5.92 Å². The van der Waals surface area contributed by atoms with E-state index in [1.165, 1.54) is 20.8 Å². The first kappa shape index (κ1) is 12.7. The molecule has 2 aromatic heterocycles. The van der Waals surface area contributed by atoms with Crippen LogP contribution in [0.3, 0.4) is 0 Å². The van der Waals surface area contributed by atoms with Crippen LogP contribution in [-0.2, 0) is 0 Å². The SMILES string of the molecule is c1ccc(C(c2ccsc2)c2nc3ccccc3s2)cc1. The van der Waals surface area contributed by atoms with E-state index in [1.54, 1.807) is 22.7 Å². The molecule has 0 N–H and O–H groups in total. The maximum atomic E-state index is 4.87. The van der Waals surface area contributed by atoms with Gasteiger partial charge in [0.15, 0.2) is 0 Å². The van der Waals surface area contributed by atoms with Gasteiger partial charge in [-0.3, -0.25) is 0 Å². The molecule has 0 radical (unpaired) electrons. The van der Waals surface area contributed by atoms with Gasteiger partial charge in [0.25, 0.3) is 0 Å². The molecule has 4 rings (SSSR count). The second-order valence-corrected chi connectivity index (χ2v) is 6.76. The molecule has 1 unspecified atom stereocenters. The number of aromatic nitrogens is 1. The van der Waals surface area contributed by atoms with Gasteiger partial charge in [-0.05, 0) is 40.1 Å². The summed E-state index contributed by atoms with van der Waals surface area (Å²) in [5.74, 6) is 0.231. The third kappa shape index (κ3) is 2.39. The van der Waals surface area contributed by atoms with Gasteiger partial charge in [0.2, 0.25) is 0 Å². The van der Waals surface area contributed by atoms with Crippen molar-refractivity contribution in [2.75, 3.05) is 0 Å². The van der Waals surface area contributed by atoms with Gasteiger partial charge in [0.1, 0.15) is 5.01 Å². The number of hydrogen-bond donors (Lipinski definition) is 0. The van der Waals surface area contributed by atoms with Crippen molar-refractivity contribution in [3.8, 4) is 0 Å². The van der Waals surface area contributed by atoms with Gasteiger partial charge in [-0.2, -0.15) is 11.3 Å². The zero-order valence-corrected chi connectivity index (χ0v) is 12.9. The van der Waals surface area contributed by atoms with Crippen LogP contribution in [0.25, 0.3) is 10.2 Å². The molecule has 4 aromatic rings. The molecule has 0 saturated carbocycles. The lowest BCUT2D eigenvalue weighted by molar-refractivity contribution is 0.969. The fourth-order valence-corrected chi connectivity index (χ4v) is 4.39. The highest BCUT2D eigenvalue weighted by molar-refractivity contribution is 7.18. The molecule has 102 valence electrons. The van der Waals surface area contributed by atoms with Crippen molar-refractivity contribution in [3.63, 3.8) is 0 Å². The van der Waals surface area contributed by atoms with Crippen LogP contribution in [0.1, 0.15) is 22.1 Å². The zero-order valence-electron chi connectivity index (χ0n) is 11.3. The van der Waals surface area contributed by atoms with Gasteiger partial charge < -0.3 is 0 Å². The van der Waals surface area contributed by atoms with E-state index < -0.39 is 0 Å². The van der Waals surface area contributed by atoms with Crippen molar-refractivity contribution in [1.29, 1.82) is 0 Å². The van der Waals surface area contributed by atoms with Crippen LogP contribution in [-0.4, -0.2) is 4.98 Å². The van der Waals surface area contributed by atoms with Crippen molar-refractivity contribution in [2.24, 2.45) is 0 Å². The number of fused-ring (bicyclic) bond motifs is 1. The molecule has 0 amide bonds. The Bertz CT molecular complexity index is 814. The Morgan fingerprint density at radius 3 is 2.38 bits per heavy atom. The van der Waals surface area contributed by atoms with Gasteiger partial charge in [-0.25, -0.2) is 4.98 Å². The number of nitrogens with zero attached hydrogens (tertiary/aromatic N) is 1. The van der Waals surface area contributed by atoms with E-state index in [1.807, 2.05) is 6.07 Å². The minimum atomic E-state index is 0.231. The predicted octanol–water partition coefficient (Wildman–Crippen LogP) is 5.54. The molecule has 0 fully saturated rings. The molecule has 0 aliphatic rings. The van der Waals surface area contributed by atoms with Gasteiger partial charge >= 0.3 is 0 Å². The van der Waals surface area contributed by atoms with E-state index in [0.29, 0.717) is 0 Å². The third-order valence-corrected chi connectivity index (χ3v) is 5.37. The molecular weight excluding hydrogens is 294 g/mol. The van der Waals surface area contributed by atoms with Crippen LogP contribution in [0.2, 0.25) is 0 Å². The van der Waals surface area contributed by atoms with Gasteiger partial charge in [0, 0.05) is 0 Å². The van der Waals surface area contributed by atoms with E-state index in [0.717, 1.165) is 5.52 Å². The third-order valence-electron chi connectivity index (χ3n) is 3.57. The van der Waals surface area contributed by atoms with Gasteiger partial charge in [-0.15, -0.1) is 11.3 Å². The lowest BCUT2D eigenvalue weighted by Gasteiger charge is -2.13. The Kier molecular flexibility index (Phi) is 3.30. The summed E-state index contributed by atoms with van der Waals surface area (Å²) in [4.78, 5) is 4.87. The van der Waals surface area contributed by atoms with Crippen LogP contribution >= 0.6 is 22.7 Å². The average molecular weight is 307 g/mol. The summed E-state index contributed by atoms with van der Waals surface area (Å²) in [6.07, 6.45) is 0. The molecule has 2 heterocycles. The lowest BCUT2D eigenvalue weighted by Crippen LogP contribution is -2.01. The largest absolute Gasteiger partial charge is 0.240 e. The first-order chi connectivity index (χ1) is 10.4. The van der Waals surface area contributed by atoms with E-state index in [9.17, 15) is 0 Å². The highest BCUT2D eigenvalue weighted by Gasteiger charge is 2.20. The summed E-state index contributed by atoms with van der Waals surface area (Å²) in [6.45, 7) is 0. The summed E-state index contributed by atoms with van der Waals surface area (Å²) < 4.78 is 1.25. The topological polar surface area (TPSA) is 12.9 Å². The van der Waals surface area contributed by atoms with E-state index >= 15 is 0 Å². The van der Waals surface area contributed by atoms with Crippen molar-refractivity contribution in [3.05, 3.63) is 87.6 Å². The van der Waals surface area contributed by atoms with Crippen LogP contribution in [0, 0.1) is 0 Å². The highest BCUT2D eigenvalue weighted by Crippen LogP contribution is 2.37. The molecular formula is C18H13NS2. The smallest absolute Gasteiger partial charge is 0.106 e. The predicted molar refractivity (Wildman–Crippen MR) is 91.3 cm³/mol. The van der Waals surface area contributed by atoms with E-state index in [2.05, 4.69) is 65.4 Å². The van der Waals surface area contributed by atoms with Crippen molar-refractivity contribution in [1.82, 2.24) is 4.98 Å². The van der Waals surface area contributed by atoms with E-state index in [4.69, 9.17) is 4.98 Å². The van der Waals surface area contributed by atoms with Crippen molar-refractivity contribution >= 4 is 32.9 Å². The molecule has 2 aromatic carbocycles. The van der Waals surface area contributed by atoms with Crippen molar-refractivity contribution < 1.29 is 0 Å². The van der Waals surface area contributed by atoms with Crippen LogP contribution in [0.5, 0.6) is 0 Å². The molecule has 0 aliphatic heterocycles. The molecule has 0 spiro atoms. The standard InChI is InChI=1S/C18H13NS2/c1-2-6-13(7-3-1)17(14-10-11-20-12-14)18-19-15-8-4-5-9-16(15)21-18/h1-12,17H. The average Bonchev–Trinajstić information content (AvgIpc) is 3.18. The van der Waals surface area contributed by atoms with Gasteiger partial charge in [0.05, 0.1) is 16.1 Å². The highest BCUT2D eigenvalue weighted by atomic mass is 32.1. The summed E-state index contributed by atoms with van der Waals surface area (Å²) in [5, 5.41) is 5.53. The molecule has 3 heteroatoms. The fraction of sp³-hybridized carbons (Fsp3) is 0.0556. The zero-order chi connectivity index (χ0) is 14.1. The minimum absolute atomic E-state index is 0.231. The molecule has 0 bridgehead atoms. The lowest BCUT2D eigenvalue weighted by atomic mass is 9.94. The van der Waals surface area contributed by atoms with Crippen LogP contribution in [0.4, 0.5) is 0 Å². The maximum absolute atomic E-state index is 4.87. The molecule has 1 atom stereocenters. The maximum Gasteiger partial charge on any atom is 0.106 e. The molecule has 0 saturated heterocycles. The summed E-state index contributed by atoms with van der Waals surface area (Å²) in [5.41, 5.74) is 3.72. The molecule has 0 aliphatic carbocycles. The second-order valence-electron chi connectivity index (χ2n) is 4.92.